The van der Waals surface area contributed by atoms with Crippen LogP contribution < -0.4 is 5.73 Å². The third-order valence-electron chi connectivity index (χ3n) is 4.23. The smallest absolute Gasteiger partial charge is 0.183 e. The van der Waals surface area contributed by atoms with Gasteiger partial charge >= 0.3 is 0 Å². The third-order valence-corrected chi connectivity index (χ3v) is 6.50. The van der Waals surface area contributed by atoms with E-state index in [0.717, 1.165) is 37.7 Å². The topological polar surface area (TPSA) is 60.2 Å². The molecule has 1 aliphatic rings. The van der Waals surface area contributed by atoms with Crippen molar-refractivity contribution in [1.82, 2.24) is 0 Å². The van der Waals surface area contributed by atoms with Crippen LogP contribution in [-0.4, -0.2) is 13.7 Å². The van der Waals surface area contributed by atoms with E-state index in [0.29, 0.717) is 16.5 Å². The standard InChI is InChI=1S/C15H23NO2S/c1-3-12-5-4-6-13(10-12)19(17,18)15-9-11(2)7-8-14(15)16/h7-9,12-13H,3-6,10,16H2,1-2H3. The zero-order valence-corrected chi connectivity index (χ0v) is 12.5. The van der Waals surface area contributed by atoms with Crippen molar-refractivity contribution < 1.29 is 8.42 Å². The Morgan fingerprint density at radius 2 is 2.05 bits per heavy atom. The summed E-state index contributed by atoms with van der Waals surface area (Å²) in [5.41, 5.74) is 7.19. The predicted molar refractivity (Wildman–Crippen MR) is 78.8 cm³/mol. The van der Waals surface area contributed by atoms with Crippen LogP contribution in [0.25, 0.3) is 0 Å². The van der Waals surface area contributed by atoms with Gasteiger partial charge < -0.3 is 5.73 Å². The van der Waals surface area contributed by atoms with Crippen LogP contribution in [-0.2, 0) is 9.84 Å². The van der Waals surface area contributed by atoms with Gasteiger partial charge in [0.15, 0.2) is 9.84 Å². The van der Waals surface area contributed by atoms with Crippen molar-refractivity contribution in [3.05, 3.63) is 23.8 Å². The molecular weight excluding hydrogens is 258 g/mol. The number of nitrogens with two attached hydrogens (primary N) is 1. The van der Waals surface area contributed by atoms with Crippen LogP contribution in [0.3, 0.4) is 0 Å². The maximum atomic E-state index is 12.7. The van der Waals surface area contributed by atoms with Crippen molar-refractivity contribution >= 4 is 15.5 Å². The molecule has 0 saturated heterocycles. The van der Waals surface area contributed by atoms with E-state index in [4.69, 9.17) is 5.73 Å². The Balaban J connectivity index is 2.34. The summed E-state index contributed by atoms with van der Waals surface area (Å²) in [5.74, 6) is 0.541. The Bertz CT molecular complexity index is 551. The molecule has 1 aromatic carbocycles. The number of rotatable bonds is 3. The summed E-state index contributed by atoms with van der Waals surface area (Å²) >= 11 is 0. The monoisotopic (exact) mass is 281 g/mol. The molecule has 1 aliphatic carbocycles. The lowest BCUT2D eigenvalue weighted by Gasteiger charge is -2.28. The minimum absolute atomic E-state index is 0.254. The first-order chi connectivity index (χ1) is 8.95. The van der Waals surface area contributed by atoms with Gasteiger partial charge in [-0.1, -0.05) is 32.3 Å². The Hall–Kier alpha value is -1.03. The number of hydrogen-bond acceptors (Lipinski definition) is 3. The van der Waals surface area contributed by atoms with Crippen molar-refractivity contribution in [2.24, 2.45) is 5.92 Å². The Morgan fingerprint density at radius 3 is 2.74 bits per heavy atom. The highest BCUT2D eigenvalue weighted by Crippen LogP contribution is 2.35. The molecule has 0 heterocycles. The fourth-order valence-electron chi connectivity index (χ4n) is 2.96. The van der Waals surface area contributed by atoms with Crippen LogP contribution in [0, 0.1) is 12.8 Å². The summed E-state index contributed by atoms with van der Waals surface area (Å²) < 4.78 is 25.5. The van der Waals surface area contributed by atoms with Gasteiger partial charge in [0, 0.05) is 0 Å². The van der Waals surface area contributed by atoms with Crippen molar-refractivity contribution in [2.75, 3.05) is 5.73 Å². The van der Waals surface area contributed by atoms with Gasteiger partial charge in [-0.05, 0) is 43.4 Å². The van der Waals surface area contributed by atoms with E-state index in [2.05, 4.69) is 6.92 Å². The lowest BCUT2D eigenvalue weighted by molar-refractivity contribution is 0.348. The van der Waals surface area contributed by atoms with Crippen molar-refractivity contribution in [3.63, 3.8) is 0 Å². The van der Waals surface area contributed by atoms with E-state index in [1.165, 1.54) is 0 Å². The van der Waals surface area contributed by atoms with Crippen molar-refractivity contribution in [1.29, 1.82) is 0 Å². The molecule has 0 amide bonds. The minimum Gasteiger partial charge on any atom is -0.398 e. The molecule has 2 atom stereocenters. The normalized spacial score (nSPS) is 24.3. The van der Waals surface area contributed by atoms with Crippen LogP contribution in [0.4, 0.5) is 5.69 Å². The molecule has 2 unspecified atom stereocenters. The molecule has 2 rings (SSSR count). The number of sulfone groups is 1. The lowest BCUT2D eigenvalue weighted by atomic mass is 9.87. The number of anilines is 1. The highest BCUT2D eigenvalue weighted by atomic mass is 32.2. The number of aryl methyl sites for hydroxylation is 1. The zero-order valence-electron chi connectivity index (χ0n) is 11.7. The average Bonchev–Trinajstić information content (AvgIpc) is 2.41. The van der Waals surface area contributed by atoms with E-state index >= 15 is 0 Å². The van der Waals surface area contributed by atoms with E-state index in [9.17, 15) is 8.42 Å². The van der Waals surface area contributed by atoms with Crippen LogP contribution >= 0.6 is 0 Å². The molecule has 4 heteroatoms. The van der Waals surface area contributed by atoms with Crippen LogP contribution in [0.15, 0.2) is 23.1 Å². The first-order valence-electron chi connectivity index (χ1n) is 7.05. The summed E-state index contributed by atoms with van der Waals surface area (Å²) in [6, 6.07) is 5.26. The molecule has 19 heavy (non-hydrogen) atoms. The van der Waals surface area contributed by atoms with Gasteiger partial charge in [0.25, 0.3) is 0 Å². The zero-order chi connectivity index (χ0) is 14.0. The van der Waals surface area contributed by atoms with Gasteiger partial charge in [-0.2, -0.15) is 0 Å². The second kappa shape index (κ2) is 5.53. The van der Waals surface area contributed by atoms with Crippen LogP contribution in [0.2, 0.25) is 0 Å². The van der Waals surface area contributed by atoms with Crippen molar-refractivity contribution in [2.45, 2.75) is 56.1 Å². The first kappa shape index (κ1) is 14.4. The largest absolute Gasteiger partial charge is 0.398 e. The second-order valence-corrected chi connectivity index (χ2v) is 7.85. The molecule has 3 nitrogen and oxygen atoms in total. The number of hydrogen-bond donors (Lipinski definition) is 1. The Morgan fingerprint density at radius 1 is 1.32 bits per heavy atom. The summed E-state index contributed by atoms with van der Waals surface area (Å²) in [5, 5.41) is -0.254. The molecule has 0 radical (unpaired) electrons. The van der Waals surface area contributed by atoms with E-state index in [-0.39, 0.29) is 5.25 Å². The molecule has 0 spiro atoms. The predicted octanol–water partition coefficient (Wildman–Crippen LogP) is 3.32. The molecular formula is C15H23NO2S. The quantitative estimate of drug-likeness (QED) is 0.865. The van der Waals surface area contributed by atoms with Gasteiger partial charge in [0.1, 0.15) is 0 Å². The highest BCUT2D eigenvalue weighted by Gasteiger charge is 2.33. The van der Waals surface area contributed by atoms with Gasteiger partial charge in [0.05, 0.1) is 15.8 Å². The van der Waals surface area contributed by atoms with E-state index in [1.54, 1.807) is 12.1 Å². The fraction of sp³-hybridized carbons (Fsp3) is 0.600. The maximum Gasteiger partial charge on any atom is 0.183 e. The van der Waals surface area contributed by atoms with Gasteiger partial charge in [-0.15, -0.1) is 0 Å². The van der Waals surface area contributed by atoms with Crippen molar-refractivity contribution in [3.8, 4) is 0 Å². The molecule has 1 aromatic rings. The van der Waals surface area contributed by atoms with Crippen LogP contribution in [0.1, 0.15) is 44.6 Å². The SMILES string of the molecule is CCC1CCCC(S(=O)(=O)c2cc(C)ccc2N)C1. The molecule has 106 valence electrons. The number of benzene rings is 1. The summed E-state index contributed by atoms with van der Waals surface area (Å²) in [4.78, 5) is 0.328. The molecule has 0 aliphatic heterocycles. The average molecular weight is 281 g/mol. The molecule has 1 fully saturated rings. The van der Waals surface area contributed by atoms with E-state index in [1.807, 2.05) is 13.0 Å². The van der Waals surface area contributed by atoms with Crippen LogP contribution in [0.5, 0.6) is 0 Å². The molecule has 0 aromatic heterocycles. The Labute approximate surface area is 116 Å². The molecule has 0 bridgehead atoms. The van der Waals surface area contributed by atoms with E-state index < -0.39 is 9.84 Å². The van der Waals surface area contributed by atoms with Gasteiger partial charge in [-0.3, -0.25) is 0 Å². The Kier molecular flexibility index (Phi) is 4.19. The highest BCUT2D eigenvalue weighted by molar-refractivity contribution is 7.92. The van der Waals surface area contributed by atoms with Gasteiger partial charge in [-0.25, -0.2) is 8.42 Å². The van der Waals surface area contributed by atoms with Gasteiger partial charge in [0.2, 0.25) is 0 Å². The number of nitrogen functional groups attached to an aromatic ring is 1. The summed E-state index contributed by atoms with van der Waals surface area (Å²) in [7, 11) is -3.28. The minimum atomic E-state index is -3.28. The second-order valence-electron chi connectivity index (χ2n) is 5.65. The fourth-order valence-corrected chi connectivity index (χ4v) is 5.07. The molecule has 1 saturated carbocycles. The lowest BCUT2D eigenvalue weighted by Crippen LogP contribution is -2.28. The summed E-state index contributed by atoms with van der Waals surface area (Å²) in [6.07, 6.45) is 4.79. The third kappa shape index (κ3) is 2.94. The first-order valence-corrected chi connectivity index (χ1v) is 8.59. The maximum absolute atomic E-state index is 12.7. The summed E-state index contributed by atoms with van der Waals surface area (Å²) in [6.45, 7) is 4.04. The molecule has 2 N–H and O–H groups in total.